The molecule has 2 nitrogen and oxygen atoms in total. The van der Waals surface area contributed by atoms with Crippen LogP contribution in [-0.2, 0) is 6.61 Å². The number of hydrogen-bond donors (Lipinski definition) is 1. The summed E-state index contributed by atoms with van der Waals surface area (Å²) in [6.45, 7) is 0.201. The molecule has 0 amide bonds. The van der Waals surface area contributed by atoms with Gasteiger partial charge in [0, 0.05) is 11.3 Å². The second-order valence-electron chi connectivity index (χ2n) is 3.57. The average Bonchev–Trinajstić information content (AvgIpc) is 2.30. The van der Waals surface area contributed by atoms with Gasteiger partial charge in [0.25, 0.3) is 0 Å². The van der Waals surface area contributed by atoms with Crippen molar-refractivity contribution in [3.8, 4) is 5.75 Å². The summed E-state index contributed by atoms with van der Waals surface area (Å²) in [6.07, 6.45) is 0. The van der Waals surface area contributed by atoms with Crippen LogP contribution in [0.25, 0.3) is 0 Å². The number of nitrogens with two attached hydrogens (primary N) is 1. The zero-order valence-corrected chi connectivity index (χ0v) is 11.1. The Hall–Kier alpha value is -1.30. The van der Waals surface area contributed by atoms with Gasteiger partial charge in [-0.15, -0.1) is 0 Å². The Morgan fingerprint density at radius 1 is 1.18 bits per heavy atom. The summed E-state index contributed by atoms with van der Waals surface area (Å²) in [5.41, 5.74) is 6.39. The number of rotatable bonds is 3. The molecule has 0 aliphatic carbocycles. The van der Waals surface area contributed by atoms with Gasteiger partial charge in [-0.1, -0.05) is 18.2 Å². The van der Waals surface area contributed by atoms with E-state index < -0.39 is 0 Å². The Kier molecular flexibility index (Phi) is 3.83. The number of halogens is 2. The van der Waals surface area contributed by atoms with Gasteiger partial charge >= 0.3 is 0 Å². The van der Waals surface area contributed by atoms with Crippen LogP contribution in [0.15, 0.2) is 42.5 Å². The highest BCUT2D eigenvalue weighted by molar-refractivity contribution is 14.1. The maximum atomic E-state index is 13.5. The largest absolute Gasteiger partial charge is 0.488 e. The summed E-state index contributed by atoms with van der Waals surface area (Å²) in [5.74, 6) is 0.417. The molecule has 0 spiro atoms. The van der Waals surface area contributed by atoms with Crippen LogP contribution in [0.3, 0.4) is 0 Å². The standard InChI is InChI=1S/C13H11FINO/c14-11-7-10(16)6-5-9(11)8-17-13-4-2-1-3-12(13)15/h1-7H,8,16H2. The summed E-state index contributed by atoms with van der Waals surface area (Å²) in [5, 5.41) is 0. The minimum atomic E-state index is -0.337. The highest BCUT2D eigenvalue weighted by atomic mass is 127. The maximum absolute atomic E-state index is 13.5. The normalized spacial score (nSPS) is 10.2. The molecule has 0 aliphatic heterocycles. The van der Waals surface area contributed by atoms with Gasteiger partial charge in [-0.25, -0.2) is 4.39 Å². The van der Waals surface area contributed by atoms with E-state index in [2.05, 4.69) is 22.6 Å². The van der Waals surface area contributed by atoms with Gasteiger partial charge < -0.3 is 10.5 Å². The van der Waals surface area contributed by atoms with Crippen LogP contribution in [0.5, 0.6) is 5.75 Å². The zero-order chi connectivity index (χ0) is 12.3. The van der Waals surface area contributed by atoms with Crippen molar-refractivity contribution in [2.24, 2.45) is 0 Å². The first-order valence-electron chi connectivity index (χ1n) is 5.08. The number of para-hydroxylation sites is 1. The van der Waals surface area contributed by atoms with Crippen LogP contribution in [-0.4, -0.2) is 0 Å². The first kappa shape index (κ1) is 12.2. The van der Waals surface area contributed by atoms with E-state index in [1.165, 1.54) is 6.07 Å². The quantitative estimate of drug-likeness (QED) is 0.683. The minimum Gasteiger partial charge on any atom is -0.488 e. The predicted molar refractivity (Wildman–Crippen MR) is 74.3 cm³/mol. The third-order valence-electron chi connectivity index (χ3n) is 2.30. The van der Waals surface area contributed by atoms with E-state index in [1.54, 1.807) is 12.1 Å². The molecule has 2 rings (SSSR count). The number of anilines is 1. The lowest BCUT2D eigenvalue weighted by Gasteiger charge is -2.09. The molecule has 0 aliphatic rings. The predicted octanol–water partition coefficient (Wildman–Crippen LogP) is 3.59. The van der Waals surface area contributed by atoms with E-state index in [1.807, 2.05) is 24.3 Å². The highest BCUT2D eigenvalue weighted by Crippen LogP contribution is 2.21. The Bertz CT molecular complexity index is 531. The Morgan fingerprint density at radius 3 is 2.65 bits per heavy atom. The van der Waals surface area contributed by atoms with E-state index in [0.717, 1.165) is 9.32 Å². The molecule has 2 aromatic carbocycles. The number of hydrogen-bond acceptors (Lipinski definition) is 2. The molecule has 88 valence electrons. The monoisotopic (exact) mass is 343 g/mol. The van der Waals surface area contributed by atoms with Crippen molar-refractivity contribution in [2.75, 3.05) is 5.73 Å². The Balaban J connectivity index is 2.10. The van der Waals surface area contributed by atoms with Crippen LogP contribution in [0.2, 0.25) is 0 Å². The molecule has 0 fully saturated rings. The SMILES string of the molecule is Nc1ccc(COc2ccccc2I)c(F)c1. The van der Waals surface area contributed by atoms with Gasteiger partial charge in [0.15, 0.2) is 0 Å². The summed E-state index contributed by atoms with van der Waals surface area (Å²) in [4.78, 5) is 0. The van der Waals surface area contributed by atoms with Crippen molar-refractivity contribution in [1.29, 1.82) is 0 Å². The van der Waals surface area contributed by atoms with Crippen molar-refractivity contribution in [2.45, 2.75) is 6.61 Å². The van der Waals surface area contributed by atoms with Gasteiger partial charge in [0.05, 0.1) is 3.57 Å². The van der Waals surface area contributed by atoms with Gasteiger partial charge in [-0.3, -0.25) is 0 Å². The molecular weight excluding hydrogens is 332 g/mol. The van der Waals surface area contributed by atoms with E-state index in [4.69, 9.17) is 10.5 Å². The van der Waals surface area contributed by atoms with E-state index in [0.29, 0.717) is 11.3 Å². The van der Waals surface area contributed by atoms with E-state index in [9.17, 15) is 4.39 Å². The second kappa shape index (κ2) is 5.35. The average molecular weight is 343 g/mol. The van der Waals surface area contributed by atoms with Crippen molar-refractivity contribution in [1.82, 2.24) is 0 Å². The molecule has 2 aromatic rings. The molecule has 0 bridgehead atoms. The topological polar surface area (TPSA) is 35.2 Å². The van der Waals surface area contributed by atoms with Crippen molar-refractivity contribution >= 4 is 28.3 Å². The van der Waals surface area contributed by atoms with Gasteiger partial charge in [0.2, 0.25) is 0 Å². The lowest BCUT2D eigenvalue weighted by atomic mass is 10.2. The smallest absolute Gasteiger partial charge is 0.133 e. The molecule has 0 aromatic heterocycles. The Morgan fingerprint density at radius 2 is 1.94 bits per heavy atom. The molecule has 0 unspecified atom stereocenters. The number of ether oxygens (including phenoxy) is 1. The molecule has 2 N–H and O–H groups in total. The molecule has 0 saturated heterocycles. The maximum Gasteiger partial charge on any atom is 0.133 e. The molecular formula is C13H11FINO. The van der Waals surface area contributed by atoms with Crippen LogP contribution in [0, 0.1) is 9.39 Å². The third-order valence-corrected chi connectivity index (χ3v) is 3.19. The second-order valence-corrected chi connectivity index (χ2v) is 4.73. The van der Waals surface area contributed by atoms with Crippen LogP contribution in [0.4, 0.5) is 10.1 Å². The molecule has 0 atom stereocenters. The molecule has 0 saturated carbocycles. The summed E-state index contributed by atoms with van der Waals surface area (Å²) in [7, 11) is 0. The lowest BCUT2D eigenvalue weighted by Crippen LogP contribution is -2.00. The lowest BCUT2D eigenvalue weighted by molar-refractivity contribution is 0.298. The first-order chi connectivity index (χ1) is 8.16. The number of nitrogen functional groups attached to an aromatic ring is 1. The molecule has 4 heteroatoms. The minimum absolute atomic E-state index is 0.201. The first-order valence-corrected chi connectivity index (χ1v) is 6.16. The molecule has 17 heavy (non-hydrogen) atoms. The van der Waals surface area contributed by atoms with Crippen molar-refractivity contribution in [3.05, 3.63) is 57.4 Å². The summed E-state index contributed by atoms with van der Waals surface area (Å²) in [6, 6.07) is 12.2. The third kappa shape index (κ3) is 3.09. The van der Waals surface area contributed by atoms with Crippen LogP contribution >= 0.6 is 22.6 Å². The van der Waals surface area contributed by atoms with E-state index >= 15 is 0 Å². The fourth-order valence-electron chi connectivity index (χ4n) is 1.40. The zero-order valence-electron chi connectivity index (χ0n) is 8.99. The molecule has 0 radical (unpaired) electrons. The van der Waals surface area contributed by atoms with Crippen molar-refractivity contribution in [3.63, 3.8) is 0 Å². The fourth-order valence-corrected chi connectivity index (χ4v) is 1.94. The highest BCUT2D eigenvalue weighted by Gasteiger charge is 2.05. The van der Waals surface area contributed by atoms with Gasteiger partial charge in [0.1, 0.15) is 18.2 Å². The summed E-state index contributed by atoms with van der Waals surface area (Å²) >= 11 is 2.18. The van der Waals surface area contributed by atoms with Gasteiger partial charge in [-0.2, -0.15) is 0 Å². The molecule has 0 heterocycles. The fraction of sp³-hybridized carbons (Fsp3) is 0.0769. The van der Waals surface area contributed by atoms with E-state index in [-0.39, 0.29) is 12.4 Å². The summed E-state index contributed by atoms with van der Waals surface area (Å²) < 4.78 is 20.0. The van der Waals surface area contributed by atoms with Crippen LogP contribution < -0.4 is 10.5 Å². The van der Waals surface area contributed by atoms with Gasteiger partial charge in [-0.05, 0) is 46.9 Å². The Labute approximate surface area is 113 Å². The van der Waals surface area contributed by atoms with Crippen molar-refractivity contribution < 1.29 is 9.13 Å². The van der Waals surface area contributed by atoms with Crippen LogP contribution in [0.1, 0.15) is 5.56 Å². The number of benzene rings is 2.